The van der Waals surface area contributed by atoms with E-state index in [2.05, 4.69) is 11.8 Å². The first-order valence-corrected chi connectivity index (χ1v) is 10.7. The second-order valence-corrected chi connectivity index (χ2v) is 8.32. The van der Waals surface area contributed by atoms with Crippen molar-refractivity contribution in [1.29, 1.82) is 0 Å². The molecule has 0 bridgehead atoms. The van der Waals surface area contributed by atoms with Crippen molar-refractivity contribution in [2.75, 3.05) is 26.2 Å². The fourth-order valence-corrected chi connectivity index (χ4v) is 4.34. The van der Waals surface area contributed by atoms with E-state index in [0.717, 1.165) is 54.6 Å². The zero-order valence-electron chi connectivity index (χ0n) is 16.8. The Hall–Kier alpha value is -2.36. The van der Waals surface area contributed by atoms with Gasteiger partial charge in [-0.2, -0.15) is 0 Å². The van der Waals surface area contributed by atoms with Crippen molar-refractivity contribution < 1.29 is 9.59 Å². The van der Waals surface area contributed by atoms with Gasteiger partial charge in [-0.1, -0.05) is 43.3 Å². The second kappa shape index (κ2) is 8.34. The van der Waals surface area contributed by atoms with Crippen molar-refractivity contribution in [3.05, 3.63) is 48.0 Å². The van der Waals surface area contributed by atoms with Gasteiger partial charge < -0.3 is 9.80 Å². The summed E-state index contributed by atoms with van der Waals surface area (Å²) in [6.07, 6.45) is 5.11. The van der Waals surface area contributed by atoms with Crippen LogP contribution in [-0.4, -0.2) is 47.8 Å². The summed E-state index contributed by atoms with van der Waals surface area (Å²) in [5, 5.41) is 2.10. The predicted molar refractivity (Wildman–Crippen MR) is 112 cm³/mol. The van der Waals surface area contributed by atoms with Crippen LogP contribution in [-0.2, 0) is 4.79 Å². The molecule has 0 spiro atoms. The lowest BCUT2D eigenvalue weighted by molar-refractivity contribution is -0.137. The van der Waals surface area contributed by atoms with Crippen molar-refractivity contribution in [3.63, 3.8) is 0 Å². The van der Waals surface area contributed by atoms with Crippen molar-refractivity contribution in [2.45, 2.75) is 39.0 Å². The minimum atomic E-state index is 0.0712. The molecule has 2 aromatic carbocycles. The largest absolute Gasteiger partial charge is 0.342 e. The van der Waals surface area contributed by atoms with Gasteiger partial charge >= 0.3 is 0 Å². The van der Waals surface area contributed by atoms with Gasteiger partial charge in [-0.05, 0) is 54.9 Å². The Labute approximate surface area is 167 Å². The topological polar surface area (TPSA) is 40.6 Å². The SMILES string of the molecule is CCCN(CC1CC1)C(=O)C1CCN(C(=O)c2cccc3ccccc23)CC1. The molecule has 28 heavy (non-hydrogen) atoms. The fraction of sp³-hybridized carbons (Fsp3) is 0.500. The van der Waals surface area contributed by atoms with Gasteiger partial charge in [-0.3, -0.25) is 9.59 Å². The Kier molecular flexibility index (Phi) is 5.65. The number of rotatable bonds is 6. The summed E-state index contributed by atoms with van der Waals surface area (Å²) >= 11 is 0. The van der Waals surface area contributed by atoms with Gasteiger partial charge in [0.05, 0.1) is 0 Å². The molecule has 0 unspecified atom stereocenters. The number of carbonyl (C=O) groups is 2. The van der Waals surface area contributed by atoms with Gasteiger partial charge in [-0.15, -0.1) is 0 Å². The van der Waals surface area contributed by atoms with Gasteiger partial charge in [0.15, 0.2) is 0 Å². The average Bonchev–Trinajstić information content (AvgIpc) is 3.56. The third kappa shape index (κ3) is 4.06. The molecule has 2 aliphatic rings. The number of likely N-dealkylation sites (tertiary alicyclic amines) is 1. The van der Waals surface area contributed by atoms with Crippen LogP contribution < -0.4 is 0 Å². The number of hydrogen-bond acceptors (Lipinski definition) is 2. The summed E-state index contributed by atoms with van der Waals surface area (Å²) in [7, 11) is 0. The predicted octanol–water partition coefficient (Wildman–Crippen LogP) is 4.34. The molecule has 4 nitrogen and oxygen atoms in total. The summed E-state index contributed by atoms with van der Waals surface area (Å²) in [6.45, 7) is 5.27. The van der Waals surface area contributed by atoms with E-state index in [1.54, 1.807) is 0 Å². The molecule has 1 saturated heterocycles. The molecule has 2 amide bonds. The minimum absolute atomic E-state index is 0.0712. The third-order valence-electron chi connectivity index (χ3n) is 6.13. The number of hydrogen-bond donors (Lipinski definition) is 0. The molecule has 2 aromatic rings. The van der Waals surface area contributed by atoms with Crippen LogP contribution in [0.3, 0.4) is 0 Å². The molecule has 1 aliphatic carbocycles. The monoisotopic (exact) mass is 378 g/mol. The lowest BCUT2D eigenvalue weighted by Crippen LogP contribution is -2.45. The zero-order valence-corrected chi connectivity index (χ0v) is 16.8. The molecule has 0 aromatic heterocycles. The fourth-order valence-electron chi connectivity index (χ4n) is 4.34. The van der Waals surface area contributed by atoms with E-state index < -0.39 is 0 Å². The van der Waals surface area contributed by atoms with E-state index in [9.17, 15) is 9.59 Å². The molecule has 1 heterocycles. The molecule has 1 aliphatic heterocycles. The van der Waals surface area contributed by atoms with E-state index in [4.69, 9.17) is 0 Å². The maximum atomic E-state index is 13.1. The summed E-state index contributed by atoms with van der Waals surface area (Å²) in [4.78, 5) is 30.1. The smallest absolute Gasteiger partial charge is 0.254 e. The minimum Gasteiger partial charge on any atom is -0.342 e. The van der Waals surface area contributed by atoms with Crippen molar-refractivity contribution >= 4 is 22.6 Å². The summed E-state index contributed by atoms with van der Waals surface area (Å²) in [5.74, 6) is 1.20. The van der Waals surface area contributed by atoms with Gasteiger partial charge in [0.1, 0.15) is 0 Å². The normalized spacial score (nSPS) is 17.7. The standard InChI is InChI=1S/C24H30N2O2/c1-2-14-26(17-18-10-11-18)23(27)20-12-15-25(16-13-20)24(28)22-9-5-7-19-6-3-4-8-21(19)22/h3-9,18,20H,2,10-17H2,1H3. The van der Waals surface area contributed by atoms with Gasteiger partial charge in [-0.25, -0.2) is 0 Å². The lowest BCUT2D eigenvalue weighted by Gasteiger charge is -2.34. The molecule has 1 saturated carbocycles. The maximum Gasteiger partial charge on any atom is 0.254 e. The molecule has 148 valence electrons. The number of fused-ring (bicyclic) bond motifs is 1. The molecule has 0 N–H and O–H groups in total. The number of carbonyl (C=O) groups excluding carboxylic acids is 2. The molecule has 0 atom stereocenters. The van der Waals surface area contributed by atoms with Crippen LogP contribution in [0, 0.1) is 11.8 Å². The van der Waals surface area contributed by atoms with Gasteiger partial charge in [0.2, 0.25) is 5.91 Å². The van der Waals surface area contributed by atoms with Crippen LogP contribution in [0.4, 0.5) is 0 Å². The van der Waals surface area contributed by atoms with Crippen LogP contribution in [0.15, 0.2) is 42.5 Å². The van der Waals surface area contributed by atoms with Crippen molar-refractivity contribution in [2.24, 2.45) is 11.8 Å². The van der Waals surface area contributed by atoms with Crippen LogP contribution in [0.5, 0.6) is 0 Å². The van der Waals surface area contributed by atoms with E-state index in [1.165, 1.54) is 12.8 Å². The molecule has 0 radical (unpaired) electrons. The highest BCUT2D eigenvalue weighted by Gasteiger charge is 2.33. The second-order valence-electron chi connectivity index (χ2n) is 8.32. The molecule has 4 heteroatoms. The Morgan fingerprint density at radius 3 is 2.43 bits per heavy atom. The highest BCUT2D eigenvalue weighted by atomic mass is 16.2. The first-order valence-electron chi connectivity index (χ1n) is 10.7. The Morgan fingerprint density at radius 2 is 1.71 bits per heavy atom. The van der Waals surface area contributed by atoms with Crippen LogP contribution in [0.25, 0.3) is 10.8 Å². The van der Waals surface area contributed by atoms with Gasteiger partial charge in [0, 0.05) is 37.7 Å². The first kappa shape index (κ1) is 19.0. The van der Waals surface area contributed by atoms with E-state index in [1.807, 2.05) is 47.4 Å². The number of amides is 2. The highest BCUT2D eigenvalue weighted by Crippen LogP contribution is 2.31. The molecule has 4 rings (SSSR count). The Bertz CT molecular complexity index is 845. The highest BCUT2D eigenvalue weighted by molar-refractivity contribution is 6.07. The van der Waals surface area contributed by atoms with E-state index in [0.29, 0.717) is 19.0 Å². The number of nitrogens with zero attached hydrogens (tertiary/aromatic N) is 2. The first-order chi connectivity index (χ1) is 13.7. The molecular weight excluding hydrogens is 348 g/mol. The zero-order chi connectivity index (χ0) is 19.5. The van der Waals surface area contributed by atoms with Gasteiger partial charge in [0.25, 0.3) is 5.91 Å². The van der Waals surface area contributed by atoms with Crippen LogP contribution >= 0.6 is 0 Å². The number of piperidine rings is 1. The van der Waals surface area contributed by atoms with Crippen LogP contribution in [0.1, 0.15) is 49.4 Å². The number of benzene rings is 2. The third-order valence-corrected chi connectivity index (χ3v) is 6.13. The van der Waals surface area contributed by atoms with E-state index >= 15 is 0 Å². The Morgan fingerprint density at radius 1 is 1.00 bits per heavy atom. The maximum absolute atomic E-state index is 13.1. The summed E-state index contributed by atoms with van der Waals surface area (Å²) in [5.41, 5.74) is 0.768. The Balaban J connectivity index is 1.40. The molecular formula is C24H30N2O2. The van der Waals surface area contributed by atoms with Crippen molar-refractivity contribution in [3.8, 4) is 0 Å². The average molecular weight is 379 g/mol. The molecule has 2 fully saturated rings. The van der Waals surface area contributed by atoms with Crippen LogP contribution in [0.2, 0.25) is 0 Å². The quantitative estimate of drug-likeness (QED) is 0.750. The lowest BCUT2D eigenvalue weighted by atomic mass is 9.94. The van der Waals surface area contributed by atoms with Crippen molar-refractivity contribution in [1.82, 2.24) is 9.80 Å². The van der Waals surface area contributed by atoms with E-state index in [-0.39, 0.29) is 11.8 Å². The summed E-state index contributed by atoms with van der Waals surface area (Å²) < 4.78 is 0. The summed E-state index contributed by atoms with van der Waals surface area (Å²) in [6, 6.07) is 13.9.